The van der Waals surface area contributed by atoms with Crippen LogP contribution in [-0.2, 0) is 32.4 Å². The van der Waals surface area contributed by atoms with Crippen LogP contribution in [0.1, 0.15) is 55.3 Å². The lowest BCUT2D eigenvalue weighted by atomic mass is 9.96. The lowest BCUT2D eigenvalue weighted by Gasteiger charge is -2.28. The average Bonchev–Trinajstić information content (AvgIpc) is 3.39. The number of hydrogen-bond donors (Lipinski definition) is 2. The number of benzene rings is 1. The second-order valence-corrected chi connectivity index (χ2v) is 11.3. The van der Waals surface area contributed by atoms with Crippen molar-refractivity contribution in [1.29, 1.82) is 5.26 Å². The van der Waals surface area contributed by atoms with Gasteiger partial charge in [-0.15, -0.1) is 22.7 Å². The predicted molar refractivity (Wildman–Crippen MR) is 142 cm³/mol. The largest absolute Gasteiger partial charge is 0.397 e. The van der Waals surface area contributed by atoms with Gasteiger partial charge in [0.25, 0.3) is 5.91 Å². The molecule has 0 fully saturated rings. The Hall–Kier alpha value is -3.25. The van der Waals surface area contributed by atoms with E-state index in [1.807, 2.05) is 6.07 Å². The van der Waals surface area contributed by atoms with E-state index in [1.165, 1.54) is 38.7 Å². The van der Waals surface area contributed by atoms with Crippen LogP contribution in [0.3, 0.4) is 0 Å². The van der Waals surface area contributed by atoms with E-state index in [4.69, 9.17) is 10.7 Å². The van der Waals surface area contributed by atoms with Gasteiger partial charge >= 0.3 is 0 Å². The van der Waals surface area contributed by atoms with Gasteiger partial charge in [0, 0.05) is 42.0 Å². The number of hydrogen-bond acceptors (Lipinski definition) is 7. The maximum Gasteiger partial charge on any atom is 0.268 e. The number of aryl methyl sites for hydroxylation is 1. The zero-order valence-electron chi connectivity index (χ0n) is 19.3. The van der Waals surface area contributed by atoms with Crippen LogP contribution in [-0.4, -0.2) is 22.3 Å². The molecule has 0 spiro atoms. The highest BCUT2D eigenvalue weighted by molar-refractivity contribution is 7.21. The lowest BCUT2D eigenvalue weighted by molar-refractivity contribution is 0.103. The summed E-state index contributed by atoms with van der Waals surface area (Å²) in [5.41, 5.74) is 12.2. The van der Waals surface area contributed by atoms with E-state index in [0.717, 1.165) is 73.2 Å². The molecule has 0 saturated heterocycles. The van der Waals surface area contributed by atoms with Gasteiger partial charge in [0.15, 0.2) is 0 Å². The molecule has 0 unspecified atom stereocenters. The first-order chi connectivity index (χ1) is 17.1. The Kier molecular flexibility index (Phi) is 5.77. The molecular weight excluding hydrogens is 474 g/mol. The average molecular weight is 500 g/mol. The summed E-state index contributed by atoms with van der Waals surface area (Å²) in [7, 11) is 0. The molecule has 3 N–H and O–H groups in total. The molecule has 0 atom stereocenters. The molecule has 8 heteroatoms. The standard InChI is InChI=1S/C27H25N5OS2/c28-13-20-18-8-4-5-9-22(18)34-27(20)31-25(33)24-23(29)19-12-17-15-32(14-16-6-2-1-3-7-16)11-10-21(17)30-26(19)35-24/h1-3,6-7,12H,4-5,8-11,14-15,29H2,(H,31,33). The fourth-order valence-electron chi connectivity index (χ4n) is 5.13. The molecule has 6 rings (SSSR count). The third-order valence-corrected chi connectivity index (χ3v) is 9.24. The van der Waals surface area contributed by atoms with Crippen molar-refractivity contribution in [3.8, 4) is 6.07 Å². The van der Waals surface area contributed by atoms with Gasteiger partial charge in [0.2, 0.25) is 0 Å². The van der Waals surface area contributed by atoms with Crippen molar-refractivity contribution in [2.45, 2.75) is 45.2 Å². The smallest absolute Gasteiger partial charge is 0.268 e. The Bertz CT molecular complexity index is 1480. The van der Waals surface area contributed by atoms with Gasteiger partial charge in [-0.05, 0) is 48.4 Å². The molecule has 1 aromatic carbocycles. The first-order valence-corrected chi connectivity index (χ1v) is 13.6. The number of nitrogens with two attached hydrogens (primary N) is 1. The number of nitriles is 1. The highest BCUT2D eigenvalue weighted by atomic mass is 32.1. The van der Waals surface area contributed by atoms with Gasteiger partial charge in [0.1, 0.15) is 20.8 Å². The van der Waals surface area contributed by atoms with Crippen molar-refractivity contribution < 1.29 is 4.79 Å². The van der Waals surface area contributed by atoms with E-state index in [9.17, 15) is 10.1 Å². The van der Waals surface area contributed by atoms with Crippen LogP contribution in [0.5, 0.6) is 0 Å². The van der Waals surface area contributed by atoms with Gasteiger partial charge < -0.3 is 11.1 Å². The molecule has 176 valence electrons. The number of nitrogens with one attached hydrogen (secondary N) is 1. The third kappa shape index (κ3) is 4.10. The number of anilines is 2. The van der Waals surface area contributed by atoms with Crippen molar-refractivity contribution in [2.24, 2.45) is 0 Å². The minimum atomic E-state index is -0.260. The molecule has 2 aliphatic rings. The molecule has 1 aliphatic carbocycles. The molecule has 4 heterocycles. The van der Waals surface area contributed by atoms with Gasteiger partial charge in [0.05, 0.1) is 11.3 Å². The topological polar surface area (TPSA) is 95.0 Å². The number of nitrogen functional groups attached to an aromatic ring is 1. The second-order valence-electron chi connectivity index (χ2n) is 9.22. The van der Waals surface area contributed by atoms with Crippen molar-refractivity contribution in [1.82, 2.24) is 9.88 Å². The molecule has 0 bridgehead atoms. The summed E-state index contributed by atoms with van der Waals surface area (Å²) in [6.45, 7) is 2.67. The third-order valence-electron chi connectivity index (χ3n) is 6.91. The SMILES string of the molecule is N#Cc1c(NC(=O)c2sc3nc4c(cc3c2N)CN(Cc2ccccc2)CC4)sc2c1CCCC2. The molecule has 35 heavy (non-hydrogen) atoms. The number of carbonyl (C=O) groups is 1. The number of aromatic nitrogens is 1. The van der Waals surface area contributed by atoms with Crippen LogP contribution in [0.25, 0.3) is 10.2 Å². The first kappa shape index (κ1) is 22.2. The van der Waals surface area contributed by atoms with Gasteiger partial charge in [-0.3, -0.25) is 9.69 Å². The van der Waals surface area contributed by atoms with E-state index in [1.54, 1.807) is 0 Å². The Morgan fingerprint density at radius 2 is 2.00 bits per heavy atom. The number of nitrogens with zero attached hydrogens (tertiary/aromatic N) is 3. The monoisotopic (exact) mass is 499 g/mol. The van der Waals surface area contributed by atoms with Crippen LogP contribution in [0.15, 0.2) is 36.4 Å². The first-order valence-electron chi connectivity index (χ1n) is 11.9. The molecule has 0 saturated carbocycles. The number of rotatable bonds is 4. The van der Waals surface area contributed by atoms with E-state index < -0.39 is 0 Å². The number of carbonyl (C=O) groups excluding carboxylic acids is 1. The number of fused-ring (bicyclic) bond motifs is 3. The van der Waals surface area contributed by atoms with E-state index in [0.29, 0.717) is 21.1 Å². The van der Waals surface area contributed by atoms with Crippen molar-refractivity contribution in [3.63, 3.8) is 0 Å². The van der Waals surface area contributed by atoms with Crippen LogP contribution < -0.4 is 11.1 Å². The van der Waals surface area contributed by atoms with Crippen molar-refractivity contribution in [2.75, 3.05) is 17.6 Å². The van der Waals surface area contributed by atoms with Crippen LogP contribution in [0.2, 0.25) is 0 Å². The fraction of sp³-hybridized carbons (Fsp3) is 0.296. The van der Waals surface area contributed by atoms with Crippen LogP contribution in [0, 0.1) is 11.3 Å². The molecule has 0 radical (unpaired) electrons. The summed E-state index contributed by atoms with van der Waals surface area (Å²) in [4.78, 5) is 23.0. The summed E-state index contributed by atoms with van der Waals surface area (Å²) in [6.07, 6.45) is 4.99. The van der Waals surface area contributed by atoms with Crippen LogP contribution in [0.4, 0.5) is 10.7 Å². The Balaban J connectivity index is 1.26. The minimum Gasteiger partial charge on any atom is -0.397 e. The van der Waals surface area contributed by atoms with Gasteiger partial charge in [-0.2, -0.15) is 5.26 Å². The lowest BCUT2D eigenvalue weighted by Crippen LogP contribution is -2.30. The second kappa shape index (κ2) is 9.08. The van der Waals surface area contributed by atoms with E-state index in [2.05, 4.69) is 46.6 Å². The highest BCUT2D eigenvalue weighted by Crippen LogP contribution is 2.40. The van der Waals surface area contributed by atoms with Crippen LogP contribution >= 0.6 is 22.7 Å². The molecule has 3 aromatic heterocycles. The van der Waals surface area contributed by atoms with Crippen molar-refractivity contribution >= 4 is 49.5 Å². The molecule has 1 amide bonds. The predicted octanol–water partition coefficient (Wildman–Crippen LogP) is 5.50. The maximum atomic E-state index is 13.2. The Labute approximate surface area is 212 Å². The van der Waals surface area contributed by atoms with Gasteiger partial charge in [-0.1, -0.05) is 30.3 Å². The molecule has 4 aromatic rings. The number of thiophene rings is 2. The maximum absolute atomic E-state index is 13.2. The fourth-order valence-corrected chi connectivity index (χ4v) is 7.36. The summed E-state index contributed by atoms with van der Waals surface area (Å²) < 4.78 is 0. The van der Waals surface area contributed by atoms with Crippen molar-refractivity contribution in [3.05, 3.63) is 74.1 Å². The molecule has 1 aliphatic heterocycles. The normalized spacial score (nSPS) is 15.4. The quantitative estimate of drug-likeness (QED) is 0.387. The summed E-state index contributed by atoms with van der Waals surface area (Å²) >= 11 is 2.87. The Morgan fingerprint density at radius 3 is 2.83 bits per heavy atom. The summed E-state index contributed by atoms with van der Waals surface area (Å²) in [5, 5.41) is 14.2. The van der Waals surface area contributed by atoms with E-state index in [-0.39, 0.29) is 5.91 Å². The Morgan fingerprint density at radius 1 is 1.17 bits per heavy atom. The van der Waals surface area contributed by atoms with E-state index >= 15 is 0 Å². The minimum absolute atomic E-state index is 0.260. The number of pyridine rings is 1. The van der Waals surface area contributed by atoms with Gasteiger partial charge in [-0.25, -0.2) is 4.98 Å². The molecule has 6 nitrogen and oxygen atoms in total. The molecular formula is C27H25N5OS2. The zero-order valence-corrected chi connectivity index (χ0v) is 20.9. The zero-order chi connectivity index (χ0) is 23.9. The highest BCUT2D eigenvalue weighted by Gasteiger charge is 2.26. The number of amides is 1. The summed E-state index contributed by atoms with van der Waals surface area (Å²) in [6, 6.07) is 14.9. The summed E-state index contributed by atoms with van der Waals surface area (Å²) in [5.74, 6) is -0.260.